The van der Waals surface area contributed by atoms with Crippen molar-refractivity contribution in [2.75, 3.05) is 0 Å². The Balaban J connectivity index is 2.10. The van der Waals surface area contributed by atoms with Crippen LogP contribution in [-0.2, 0) is 0 Å². The average Bonchev–Trinajstić information content (AvgIpc) is 2.81. The molecule has 0 unspecified atom stereocenters. The maximum atomic E-state index is 11.5. The highest BCUT2D eigenvalue weighted by molar-refractivity contribution is 6.30. The van der Waals surface area contributed by atoms with Gasteiger partial charge < -0.3 is 4.42 Å². The fraction of sp³-hybridized carbons (Fsp3) is 0. The Kier molecular flexibility index (Phi) is 3.22. The molecule has 0 N–H and O–H groups in total. The Hall–Kier alpha value is -1.80. The number of ketones is 1. The van der Waals surface area contributed by atoms with Crippen LogP contribution in [0.5, 0.6) is 0 Å². The zero-order chi connectivity index (χ0) is 11.4. The third-order valence-corrected chi connectivity index (χ3v) is 2.31. The van der Waals surface area contributed by atoms with E-state index in [9.17, 15) is 4.79 Å². The summed E-state index contributed by atoms with van der Waals surface area (Å²) in [7, 11) is 0. The number of hydrogen-bond acceptors (Lipinski definition) is 2. The number of benzene rings is 1. The van der Waals surface area contributed by atoms with E-state index in [0.29, 0.717) is 10.8 Å². The summed E-state index contributed by atoms with van der Waals surface area (Å²) in [5.41, 5.74) is 0.921. The Labute approximate surface area is 98.2 Å². The number of rotatable bonds is 3. The summed E-state index contributed by atoms with van der Waals surface area (Å²) in [5, 5.41) is 0.675. The maximum Gasteiger partial charge on any atom is 0.221 e. The quantitative estimate of drug-likeness (QED) is 0.595. The summed E-state index contributed by atoms with van der Waals surface area (Å²) in [5.74, 6) is 0.185. The number of carbonyl (C=O) groups is 1. The van der Waals surface area contributed by atoms with E-state index in [1.54, 1.807) is 30.3 Å². The van der Waals surface area contributed by atoms with Crippen molar-refractivity contribution in [3.63, 3.8) is 0 Å². The van der Waals surface area contributed by atoms with E-state index < -0.39 is 0 Å². The Morgan fingerprint density at radius 3 is 2.56 bits per heavy atom. The molecule has 0 spiro atoms. The Morgan fingerprint density at radius 1 is 1.19 bits per heavy atom. The molecular weight excluding hydrogens is 224 g/mol. The third-order valence-electron chi connectivity index (χ3n) is 2.06. The molecule has 0 saturated heterocycles. The van der Waals surface area contributed by atoms with Crippen molar-refractivity contribution < 1.29 is 9.21 Å². The molecule has 0 aliphatic rings. The second kappa shape index (κ2) is 4.81. The van der Waals surface area contributed by atoms with E-state index in [1.807, 2.05) is 12.1 Å². The lowest BCUT2D eigenvalue weighted by atomic mass is 10.2. The normalized spacial score (nSPS) is 10.8. The van der Waals surface area contributed by atoms with Crippen molar-refractivity contribution in [2.24, 2.45) is 0 Å². The van der Waals surface area contributed by atoms with Crippen LogP contribution in [-0.4, -0.2) is 5.78 Å². The first kappa shape index (κ1) is 10.7. The van der Waals surface area contributed by atoms with E-state index >= 15 is 0 Å². The number of halogens is 1. The molecule has 0 atom stereocenters. The van der Waals surface area contributed by atoms with Gasteiger partial charge in [-0.05, 0) is 35.9 Å². The molecule has 3 heteroatoms. The lowest BCUT2D eigenvalue weighted by molar-refractivity contribution is 0.102. The van der Waals surface area contributed by atoms with E-state index in [4.69, 9.17) is 16.0 Å². The van der Waals surface area contributed by atoms with Gasteiger partial charge in [-0.15, -0.1) is 0 Å². The SMILES string of the molecule is O=C(/C=C\c1ccc(Cl)cc1)c1ccco1. The minimum atomic E-state index is -0.153. The molecule has 1 aromatic heterocycles. The zero-order valence-corrected chi connectivity index (χ0v) is 9.15. The first-order chi connectivity index (χ1) is 7.75. The van der Waals surface area contributed by atoms with Gasteiger partial charge in [-0.25, -0.2) is 0 Å². The van der Waals surface area contributed by atoms with Crippen LogP contribution in [0, 0.1) is 0 Å². The number of furan rings is 1. The van der Waals surface area contributed by atoms with Gasteiger partial charge in [-0.2, -0.15) is 0 Å². The second-order valence-corrected chi connectivity index (χ2v) is 3.66. The standard InChI is InChI=1S/C13H9ClO2/c14-11-6-3-10(4-7-11)5-8-12(15)13-2-1-9-16-13/h1-9H/b8-5-. The fourth-order valence-electron chi connectivity index (χ4n) is 1.25. The highest BCUT2D eigenvalue weighted by Gasteiger charge is 2.03. The fourth-order valence-corrected chi connectivity index (χ4v) is 1.37. The van der Waals surface area contributed by atoms with Crippen LogP contribution >= 0.6 is 11.6 Å². The highest BCUT2D eigenvalue weighted by Crippen LogP contribution is 2.11. The zero-order valence-electron chi connectivity index (χ0n) is 8.39. The van der Waals surface area contributed by atoms with Gasteiger partial charge in [0.25, 0.3) is 0 Å². The van der Waals surface area contributed by atoms with Gasteiger partial charge in [0.15, 0.2) is 5.76 Å². The van der Waals surface area contributed by atoms with E-state index in [2.05, 4.69) is 0 Å². The van der Waals surface area contributed by atoms with Gasteiger partial charge in [0, 0.05) is 5.02 Å². The Morgan fingerprint density at radius 2 is 1.94 bits per heavy atom. The molecule has 0 bridgehead atoms. The smallest absolute Gasteiger partial charge is 0.221 e. The molecule has 0 saturated carbocycles. The van der Waals surface area contributed by atoms with Crippen LogP contribution in [0.3, 0.4) is 0 Å². The average molecular weight is 233 g/mol. The molecule has 0 aliphatic carbocycles. The van der Waals surface area contributed by atoms with Crippen LogP contribution in [0.4, 0.5) is 0 Å². The molecule has 2 aromatic rings. The molecule has 16 heavy (non-hydrogen) atoms. The van der Waals surface area contributed by atoms with E-state index in [0.717, 1.165) is 5.56 Å². The monoisotopic (exact) mass is 232 g/mol. The van der Waals surface area contributed by atoms with E-state index in [-0.39, 0.29) is 5.78 Å². The van der Waals surface area contributed by atoms with Crippen molar-refractivity contribution in [1.29, 1.82) is 0 Å². The van der Waals surface area contributed by atoms with Crippen LogP contribution in [0.2, 0.25) is 5.02 Å². The predicted octanol–water partition coefficient (Wildman–Crippen LogP) is 3.83. The summed E-state index contributed by atoms with van der Waals surface area (Å²) in [6, 6.07) is 10.6. The van der Waals surface area contributed by atoms with Crippen molar-refractivity contribution in [2.45, 2.75) is 0 Å². The van der Waals surface area contributed by atoms with Gasteiger partial charge in [-0.1, -0.05) is 29.8 Å². The molecule has 2 rings (SSSR count). The van der Waals surface area contributed by atoms with Crippen LogP contribution in [0.25, 0.3) is 6.08 Å². The van der Waals surface area contributed by atoms with Crippen LogP contribution in [0.1, 0.15) is 16.1 Å². The van der Waals surface area contributed by atoms with E-state index in [1.165, 1.54) is 12.3 Å². The minimum absolute atomic E-state index is 0.153. The molecule has 80 valence electrons. The van der Waals surface area contributed by atoms with Gasteiger partial charge >= 0.3 is 0 Å². The second-order valence-electron chi connectivity index (χ2n) is 3.23. The van der Waals surface area contributed by atoms with Crippen molar-refractivity contribution >= 4 is 23.5 Å². The number of allylic oxidation sites excluding steroid dienone is 1. The first-order valence-corrected chi connectivity index (χ1v) is 5.15. The van der Waals surface area contributed by atoms with Gasteiger partial charge in [0.1, 0.15) is 0 Å². The third kappa shape index (κ3) is 2.61. The van der Waals surface area contributed by atoms with Crippen LogP contribution in [0.15, 0.2) is 53.2 Å². The summed E-state index contributed by atoms with van der Waals surface area (Å²) >= 11 is 5.75. The molecule has 0 fully saturated rings. The highest BCUT2D eigenvalue weighted by atomic mass is 35.5. The summed E-state index contributed by atoms with van der Waals surface area (Å²) in [6.45, 7) is 0. The Bertz CT molecular complexity index is 495. The summed E-state index contributed by atoms with van der Waals surface area (Å²) in [6.07, 6.45) is 4.67. The predicted molar refractivity (Wildman–Crippen MR) is 63.5 cm³/mol. The van der Waals surface area contributed by atoms with Crippen molar-refractivity contribution in [3.8, 4) is 0 Å². The topological polar surface area (TPSA) is 30.2 Å². The van der Waals surface area contributed by atoms with Crippen molar-refractivity contribution in [3.05, 3.63) is 65.1 Å². The lowest BCUT2D eigenvalue weighted by Crippen LogP contribution is -1.90. The van der Waals surface area contributed by atoms with Crippen molar-refractivity contribution in [1.82, 2.24) is 0 Å². The maximum absolute atomic E-state index is 11.5. The number of carbonyl (C=O) groups excluding carboxylic acids is 1. The lowest BCUT2D eigenvalue weighted by Gasteiger charge is -1.93. The number of hydrogen-bond donors (Lipinski definition) is 0. The molecule has 0 radical (unpaired) electrons. The molecule has 0 aliphatic heterocycles. The molecule has 1 aromatic carbocycles. The molecule has 0 amide bonds. The molecule has 1 heterocycles. The largest absolute Gasteiger partial charge is 0.461 e. The molecule has 2 nitrogen and oxygen atoms in total. The first-order valence-electron chi connectivity index (χ1n) is 4.77. The molecular formula is C13H9ClO2. The summed E-state index contributed by atoms with van der Waals surface area (Å²) < 4.78 is 4.98. The van der Waals surface area contributed by atoms with Crippen LogP contribution < -0.4 is 0 Å². The summed E-state index contributed by atoms with van der Waals surface area (Å²) in [4.78, 5) is 11.5. The minimum Gasteiger partial charge on any atom is -0.461 e. The van der Waals surface area contributed by atoms with Gasteiger partial charge in [-0.3, -0.25) is 4.79 Å². The van der Waals surface area contributed by atoms with Gasteiger partial charge in [0.05, 0.1) is 6.26 Å². The van der Waals surface area contributed by atoms with Gasteiger partial charge in [0.2, 0.25) is 5.78 Å².